The molecule has 0 atom stereocenters. The summed E-state index contributed by atoms with van der Waals surface area (Å²) in [6, 6.07) is 0. The zero-order chi connectivity index (χ0) is 12.3. The van der Waals surface area contributed by atoms with E-state index in [0.29, 0.717) is 12.3 Å². The molecular weight excluding hydrogens is 234 g/mol. The first-order chi connectivity index (χ1) is 6.47. The van der Waals surface area contributed by atoms with Crippen LogP contribution in [0, 0.1) is 5.41 Å². The third kappa shape index (κ3) is 8.05. The van der Waals surface area contributed by atoms with Crippen molar-refractivity contribution in [3.05, 3.63) is 0 Å². The molecule has 0 aromatic rings. The first-order valence-corrected chi connectivity index (χ1v) is 7.24. The minimum absolute atomic E-state index is 0.131. The average molecular weight is 256 g/mol. The maximum Gasteiger partial charge on any atom is 0.212 e. The smallest absolute Gasteiger partial charge is 0.212 e. The van der Waals surface area contributed by atoms with Gasteiger partial charge in [0.1, 0.15) is 0 Å². The topological polar surface area (TPSA) is 46.2 Å². The monoisotopic (exact) mass is 255 g/mol. The van der Waals surface area contributed by atoms with E-state index in [1.165, 1.54) is 0 Å². The number of halogens is 1. The minimum Gasteiger partial charge on any atom is -0.212 e. The molecule has 0 aromatic carbocycles. The molecule has 0 aliphatic heterocycles. The zero-order valence-electron chi connectivity index (χ0n) is 10.2. The quantitative estimate of drug-likeness (QED) is 0.767. The predicted molar refractivity (Wildman–Crippen MR) is 65.8 cm³/mol. The van der Waals surface area contributed by atoms with E-state index in [2.05, 4.69) is 4.72 Å². The molecule has 1 N–H and O–H groups in total. The number of hydrogen-bond acceptors (Lipinski definition) is 2. The largest absolute Gasteiger partial charge is 0.212 e. The Morgan fingerprint density at radius 3 is 1.93 bits per heavy atom. The van der Waals surface area contributed by atoms with Crippen molar-refractivity contribution >= 4 is 21.6 Å². The normalized spacial score (nSPS) is 14.3. The molecule has 92 valence electrons. The molecule has 0 saturated carbocycles. The van der Waals surface area contributed by atoms with Crippen molar-refractivity contribution in [1.29, 1.82) is 0 Å². The van der Waals surface area contributed by atoms with Crippen molar-refractivity contribution in [2.45, 2.75) is 46.6 Å². The fourth-order valence-corrected chi connectivity index (χ4v) is 3.94. The number of nitrogens with one attached hydrogen (secondary N) is 1. The summed E-state index contributed by atoms with van der Waals surface area (Å²) >= 11 is 5.61. The summed E-state index contributed by atoms with van der Waals surface area (Å²) in [5.74, 6) is 0.580. The summed E-state index contributed by atoms with van der Waals surface area (Å²) in [7, 11) is -3.23. The number of rotatable bonds is 5. The van der Waals surface area contributed by atoms with Gasteiger partial charge in [-0.3, -0.25) is 0 Å². The minimum atomic E-state index is -3.23. The maximum absolute atomic E-state index is 11.8. The van der Waals surface area contributed by atoms with E-state index >= 15 is 0 Å². The van der Waals surface area contributed by atoms with E-state index in [0.717, 1.165) is 0 Å². The summed E-state index contributed by atoms with van der Waals surface area (Å²) < 4.78 is 26.2. The fraction of sp³-hybridized carbons (Fsp3) is 1.00. The van der Waals surface area contributed by atoms with Gasteiger partial charge in [-0.05, 0) is 25.7 Å². The molecule has 0 unspecified atom stereocenters. The Labute approximate surface area is 98.6 Å². The fourth-order valence-electron chi connectivity index (χ4n) is 1.31. The predicted octanol–water partition coefficient (Wildman–Crippen LogP) is 2.36. The lowest BCUT2D eigenvalue weighted by molar-refractivity contribution is 0.420. The molecule has 0 bridgehead atoms. The average Bonchev–Trinajstić information content (AvgIpc) is 1.74. The standard InChI is InChI=1S/C10H22ClNO2S/c1-9(2,3)8-15(13,14)12-10(4,5)6-7-11/h12H,6-8H2,1-5H3. The molecule has 0 saturated heterocycles. The molecule has 3 nitrogen and oxygen atoms in total. The van der Waals surface area contributed by atoms with Gasteiger partial charge in [0.15, 0.2) is 0 Å². The van der Waals surface area contributed by atoms with Crippen LogP contribution in [0.3, 0.4) is 0 Å². The van der Waals surface area contributed by atoms with Crippen LogP contribution >= 0.6 is 11.6 Å². The van der Waals surface area contributed by atoms with E-state index in [4.69, 9.17) is 11.6 Å². The molecule has 0 aliphatic carbocycles. The van der Waals surface area contributed by atoms with Crippen molar-refractivity contribution in [3.8, 4) is 0 Å². The van der Waals surface area contributed by atoms with Gasteiger partial charge in [0.25, 0.3) is 0 Å². The van der Waals surface area contributed by atoms with Crippen LogP contribution < -0.4 is 4.72 Å². The van der Waals surface area contributed by atoms with Crippen LogP contribution in [0.2, 0.25) is 0 Å². The van der Waals surface area contributed by atoms with Crippen LogP contribution in [-0.2, 0) is 10.0 Å². The van der Waals surface area contributed by atoms with Gasteiger partial charge >= 0.3 is 0 Å². The lowest BCUT2D eigenvalue weighted by Crippen LogP contribution is -2.46. The molecule has 0 fully saturated rings. The van der Waals surface area contributed by atoms with Crippen LogP contribution in [0.25, 0.3) is 0 Å². The van der Waals surface area contributed by atoms with Gasteiger partial charge in [-0.15, -0.1) is 11.6 Å². The third-order valence-corrected chi connectivity index (χ3v) is 4.07. The van der Waals surface area contributed by atoms with Crippen LogP contribution in [0.1, 0.15) is 41.0 Å². The number of alkyl halides is 1. The Hall–Kier alpha value is 0.200. The Bertz CT molecular complexity index is 291. The van der Waals surface area contributed by atoms with Crippen molar-refractivity contribution in [2.75, 3.05) is 11.6 Å². The highest BCUT2D eigenvalue weighted by molar-refractivity contribution is 7.89. The van der Waals surface area contributed by atoms with E-state index in [1.54, 1.807) is 0 Å². The number of sulfonamides is 1. The van der Waals surface area contributed by atoms with Crippen LogP contribution in [0.15, 0.2) is 0 Å². The SMILES string of the molecule is CC(C)(C)CS(=O)(=O)NC(C)(C)CCCl. The van der Waals surface area contributed by atoms with Gasteiger partial charge in [0.2, 0.25) is 10.0 Å². The highest BCUT2D eigenvalue weighted by atomic mass is 35.5. The van der Waals surface area contributed by atoms with Crippen molar-refractivity contribution < 1.29 is 8.42 Å². The zero-order valence-corrected chi connectivity index (χ0v) is 11.8. The van der Waals surface area contributed by atoms with E-state index in [-0.39, 0.29) is 11.2 Å². The van der Waals surface area contributed by atoms with Crippen LogP contribution in [0.4, 0.5) is 0 Å². The second kappa shape index (κ2) is 5.02. The van der Waals surface area contributed by atoms with E-state index < -0.39 is 15.6 Å². The highest BCUT2D eigenvalue weighted by Gasteiger charge is 2.28. The van der Waals surface area contributed by atoms with Crippen LogP contribution in [0.5, 0.6) is 0 Å². The third-order valence-electron chi connectivity index (χ3n) is 1.77. The van der Waals surface area contributed by atoms with Gasteiger partial charge in [-0.1, -0.05) is 20.8 Å². The summed E-state index contributed by atoms with van der Waals surface area (Å²) in [6.07, 6.45) is 0.623. The van der Waals surface area contributed by atoms with E-state index in [9.17, 15) is 8.42 Å². The van der Waals surface area contributed by atoms with Gasteiger partial charge in [-0.25, -0.2) is 13.1 Å². The Balaban J connectivity index is 4.52. The summed E-state index contributed by atoms with van der Waals surface area (Å²) in [5.41, 5.74) is -0.700. The maximum atomic E-state index is 11.8. The summed E-state index contributed by atoms with van der Waals surface area (Å²) in [6.45, 7) is 9.40. The molecule has 0 aliphatic rings. The second-order valence-electron chi connectivity index (χ2n) is 5.74. The molecule has 15 heavy (non-hydrogen) atoms. The molecular formula is C10H22ClNO2S. The van der Waals surface area contributed by atoms with Gasteiger partial charge in [0, 0.05) is 11.4 Å². The first-order valence-electron chi connectivity index (χ1n) is 5.05. The van der Waals surface area contributed by atoms with Gasteiger partial charge in [0.05, 0.1) is 5.75 Å². The molecule has 0 radical (unpaired) electrons. The molecule has 0 rings (SSSR count). The molecule has 5 heteroatoms. The lowest BCUT2D eigenvalue weighted by atomic mass is 10.0. The summed E-state index contributed by atoms with van der Waals surface area (Å²) in [5, 5.41) is 0. The highest BCUT2D eigenvalue weighted by Crippen LogP contribution is 2.18. The van der Waals surface area contributed by atoms with Gasteiger partial charge in [-0.2, -0.15) is 0 Å². The van der Waals surface area contributed by atoms with E-state index in [1.807, 2.05) is 34.6 Å². The molecule has 0 amide bonds. The van der Waals surface area contributed by atoms with Crippen molar-refractivity contribution in [1.82, 2.24) is 4.72 Å². The molecule has 0 spiro atoms. The van der Waals surface area contributed by atoms with Crippen molar-refractivity contribution in [3.63, 3.8) is 0 Å². The Morgan fingerprint density at radius 1 is 1.13 bits per heavy atom. The number of hydrogen-bond donors (Lipinski definition) is 1. The summed E-state index contributed by atoms with van der Waals surface area (Å²) in [4.78, 5) is 0. The second-order valence-corrected chi connectivity index (χ2v) is 7.84. The first kappa shape index (κ1) is 15.2. The van der Waals surface area contributed by atoms with Crippen molar-refractivity contribution in [2.24, 2.45) is 5.41 Å². The lowest BCUT2D eigenvalue weighted by Gasteiger charge is -2.27. The molecule has 0 heterocycles. The van der Waals surface area contributed by atoms with Crippen LogP contribution in [-0.4, -0.2) is 25.6 Å². The molecule has 0 aromatic heterocycles. The van der Waals surface area contributed by atoms with Gasteiger partial charge < -0.3 is 0 Å². The Morgan fingerprint density at radius 2 is 1.60 bits per heavy atom. The Kier molecular flexibility index (Phi) is 5.09.